The van der Waals surface area contributed by atoms with Crippen LogP contribution in [0.4, 0.5) is 5.82 Å². The van der Waals surface area contributed by atoms with Crippen LogP contribution >= 0.6 is 0 Å². The molecule has 2 heterocycles. The maximum Gasteiger partial charge on any atom is 0.310 e. The Bertz CT molecular complexity index is 499. The van der Waals surface area contributed by atoms with Gasteiger partial charge >= 0.3 is 5.97 Å². The van der Waals surface area contributed by atoms with Crippen molar-refractivity contribution in [3.8, 4) is 0 Å². The number of aromatic nitrogens is 1. The molecule has 19 heavy (non-hydrogen) atoms. The first-order chi connectivity index (χ1) is 8.89. The molecule has 1 aliphatic heterocycles. The molecule has 1 fully saturated rings. The molecule has 0 aromatic carbocycles. The van der Waals surface area contributed by atoms with Crippen LogP contribution in [-0.4, -0.2) is 46.7 Å². The summed E-state index contributed by atoms with van der Waals surface area (Å²) in [5.41, 5.74) is -0.759. The zero-order valence-electron chi connectivity index (χ0n) is 11.0. The summed E-state index contributed by atoms with van der Waals surface area (Å²) in [6.45, 7) is 4.59. The SMILES string of the molecule is Cc1cc(NC(=O)CN2CCC(C)(C(=O)O)C2)no1. The molecule has 7 nitrogen and oxygen atoms in total. The van der Waals surface area contributed by atoms with Gasteiger partial charge in [0, 0.05) is 12.6 Å². The standard InChI is InChI=1S/C12H17N3O4/c1-8-5-9(14-19-8)13-10(16)6-15-4-3-12(2,7-15)11(17)18/h5H,3-4,6-7H2,1-2H3,(H,17,18)(H,13,14,16). The lowest BCUT2D eigenvalue weighted by molar-refractivity contribution is -0.147. The fourth-order valence-corrected chi connectivity index (χ4v) is 2.18. The lowest BCUT2D eigenvalue weighted by Gasteiger charge is -2.19. The van der Waals surface area contributed by atoms with Crippen molar-refractivity contribution in [2.24, 2.45) is 5.41 Å². The van der Waals surface area contributed by atoms with E-state index in [1.54, 1.807) is 19.9 Å². The molecule has 1 amide bonds. The minimum atomic E-state index is -0.817. The largest absolute Gasteiger partial charge is 0.481 e. The van der Waals surface area contributed by atoms with Crippen LogP contribution in [0.3, 0.4) is 0 Å². The van der Waals surface area contributed by atoms with Gasteiger partial charge in [-0.15, -0.1) is 0 Å². The number of carbonyl (C=O) groups excluding carboxylic acids is 1. The van der Waals surface area contributed by atoms with Crippen molar-refractivity contribution >= 4 is 17.7 Å². The van der Waals surface area contributed by atoms with Gasteiger partial charge in [0.2, 0.25) is 5.91 Å². The Morgan fingerprint density at radius 3 is 2.89 bits per heavy atom. The van der Waals surface area contributed by atoms with E-state index < -0.39 is 11.4 Å². The molecule has 1 unspecified atom stereocenters. The number of aliphatic carboxylic acids is 1. The van der Waals surface area contributed by atoms with Crippen molar-refractivity contribution in [1.82, 2.24) is 10.1 Å². The molecule has 0 aliphatic carbocycles. The highest BCUT2D eigenvalue weighted by Crippen LogP contribution is 2.29. The fraction of sp³-hybridized carbons (Fsp3) is 0.583. The van der Waals surface area contributed by atoms with E-state index in [1.165, 1.54) is 0 Å². The third-order valence-corrected chi connectivity index (χ3v) is 3.33. The normalized spacial score (nSPS) is 23.5. The molecule has 1 aliphatic rings. The van der Waals surface area contributed by atoms with E-state index in [2.05, 4.69) is 10.5 Å². The second-order valence-electron chi connectivity index (χ2n) is 5.20. The van der Waals surface area contributed by atoms with Crippen LogP contribution < -0.4 is 5.32 Å². The van der Waals surface area contributed by atoms with E-state index in [0.29, 0.717) is 31.1 Å². The summed E-state index contributed by atoms with van der Waals surface area (Å²) in [6, 6.07) is 1.63. The number of carboxylic acids is 1. The summed E-state index contributed by atoms with van der Waals surface area (Å²) < 4.78 is 4.84. The van der Waals surface area contributed by atoms with Gasteiger partial charge in [-0.3, -0.25) is 14.5 Å². The number of nitrogens with one attached hydrogen (secondary N) is 1. The van der Waals surface area contributed by atoms with Gasteiger partial charge < -0.3 is 14.9 Å². The van der Waals surface area contributed by atoms with Crippen molar-refractivity contribution in [3.05, 3.63) is 11.8 Å². The quantitative estimate of drug-likeness (QED) is 0.834. The highest BCUT2D eigenvalue weighted by Gasteiger charge is 2.40. The lowest BCUT2D eigenvalue weighted by Crippen LogP contribution is -2.35. The second-order valence-corrected chi connectivity index (χ2v) is 5.20. The number of hydrogen-bond donors (Lipinski definition) is 2. The maximum atomic E-state index is 11.8. The maximum absolute atomic E-state index is 11.8. The van der Waals surface area contributed by atoms with Crippen LogP contribution in [0, 0.1) is 12.3 Å². The molecule has 1 atom stereocenters. The number of anilines is 1. The predicted octanol–water partition coefficient (Wildman–Crippen LogP) is 0.718. The zero-order valence-corrected chi connectivity index (χ0v) is 11.0. The number of likely N-dealkylation sites (tertiary alicyclic amines) is 1. The number of rotatable bonds is 4. The number of carboxylic acid groups (broad SMARTS) is 1. The molecule has 104 valence electrons. The molecule has 2 rings (SSSR count). The minimum Gasteiger partial charge on any atom is -0.481 e. The van der Waals surface area contributed by atoms with Crippen LogP contribution in [-0.2, 0) is 9.59 Å². The molecule has 7 heteroatoms. The van der Waals surface area contributed by atoms with Crippen LogP contribution in [0.1, 0.15) is 19.1 Å². The van der Waals surface area contributed by atoms with E-state index >= 15 is 0 Å². The van der Waals surface area contributed by atoms with Gasteiger partial charge in [-0.2, -0.15) is 0 Å². The molecule has 0 spiro atoms. The Kier molecular flexibility index (Phi) is 3.57. The first-order valence-electron chi connectivity index (χ1n) is 6.08. The van der Waals surface area contributed by atoms with Crippen LogP contribution in [0.5, 0.6) is 0 Å². The summed E-state index contributed by atoms with van der Waals surface area (Å²) in [4.78, 5) is 24.7. The lowest BCUT2D eigenvalue weighted by atomic mass is 9.90. The minimum absolute atomic E-state index is 0.161. The van der Waals surface area contributed by atoms with Crippen LogP contribution in [0.2, 0.25) is 0 Å². The third-order valence-electron chi connectivity index (χ3n) is 3.33. The summed E-state index contributed by atoms with van der Waals surface area (Å²) in [7, 11) is 0. The van der Waals surface area contributed by atoms with Crippen molar-refractivity contribution in [2.75, 3.05) is 25.0 Å². The van der Waals surface area contributed by atoms with E-state index in [0.717, 1.165) is 0 Å². The van der Waals surface area contributed by atoms with Crippen molar-refractivity contribution < 1.29 is 19.2 Å². The first kappa shape index (κ1) is 13.5. The molecular formula is C12H17N3O4. The number of nitrogens with zero attached hydrogens (tertiary/aromatic N) is 2. The molecule has 2 N–H and O–H groups in total. The van der Waals surface area contributed by atoms with Crippen molar-refractivity contribution in [2.45, 2.75) is 20.3 Å². The van der Waals surface area contributed by atoms with Gasteiger partial charge in [0.15, 0.2) is 5.82 Å². The molecule has 0 saturated carbocycles. The van der Waals surface area contributed by atoms with Gasteiger partial charge in [0.1, 0.15) is 5.76 Å². The Balaban J connectivity index is 1.86. The summed E-state index contributed by atoms with van der Waals surface area (Å²) in [5.74, 6) is -0.0388. The van der Waals surface area contributed by atoms with Crippen LogP contribution in [0.25, 0.3) is 0 Å². The number of amides is 1. The average Bonchev–Trinajstić information content (AvgIpc) is 2.87. The molecule has 0 radical (unpaired) electrons. The van der Waals surface area contributed by atoms with Crippen molar-refractivity contribution in [3.63, 3.8) is 0 Å². The fourth-order valence-electron chi connectivity index (χ4n) is 2.18. The van der Waals surface area contributed by atoms with Crippen LogP contribution in [0.15, 0.2) is 10.6 Å². The second kappa shape index (κ2) is 5.00. The van der Waals surface area contributed by atoms with E-state index in [1.807, 2.05) is 4.90 Å². The smallest absolute Gasteiger partial charge is 0.310 e. The Hall–Kier alpha value is -1.89. The highest BCUT2D eigenvalue weighted by molar-refractivity contribution is 5.91. The number of aryl methyl sites for hydroxylation is 1. The summed E-state index contributed by atoms with van der Waals surface area (Å²) in [6.07, 6.45) is 0.554. The summed E-state index contributed by atoms with van der Waals surface area (Å²) in [5, 5.41) is 15.4. The molecular weight excluding hydrogens is 250 g/mol. The van der Waals surface area contributed by atoms with E-state index in [4.69, 9.17) is 9.63 Å². The zero-order chi connectivity index (χ0) is 14.0. The Morgan fingerprint density at radius 1 is 1.63 bits per heavy atom. The molecule has 1 aromatic heterocycles. The summed E-state index contributed by atoms with van der Waals surface area (Å²) >= 11 is 0. The first-order valence-corrected chi connectivity index (χ1v) is 6.08. The van der Waals surface area contributed by atoms with Gasteiger partial charge in [0.25, 0.3) is 0 Å². The Labute approximate surface area is 110 Å². The predicted molar refractivity (Wildman–Crippen MR) is 66.7 cm³/mol. The number of hydrogen-bond acceptors (Lipinski definition) is 5. The van der Waals surface area contributed by atoms with Gasteiger partial charge in [-0.05, 0) is 26.8 Å². The van der Waals surface area contributed by atoms with Crippen molar-refractivity contribution in [1.29, 1.82) is 0 Å². The van der Waals surface area contributed by atoms with E-state index in [-0.39, 0.29) is 12.5 Å². The molecule has 0 bridgehead atoms. The third kappa shape index (κ3) is 3.11. The van der Waals surface area contributed by atoms with Gasteiger partial charge in [-0.25, -0.2) is 0 Å². The molecule has 1 saturated heterocycles. The Morgan fingerprint density at radius 2 is 2.37 bits per heavy atom. The van der Waals surface area contributed by atoms with Gasteiger partial charge in [-0.1, -0.05) is 5.16 Å². The highest BCUT2D eigenvalue weighted by atomic mass is 16.5. The topological polar surface area (TPSA) is 95.7 Å². The number of carbonyl (C=O) groups is 2. The van der Waals surface area contributed by atoms with Gasteiger partial charge in [0.05, 0.1) is 12.0 Å². The monoisotopic (exact) mass is 267 g/mol. The average molecular weight is 267 g/mol. The van der Waals surface area contributed by atoms with E-state index in [9.17, 15) is 9.59 Å². The molecule has 1 aromatic rings.